The molecular weight excluding hydrogens is 274 g/mol. The number of hydrogen-bond donors (Lipinski definition) is 2. The van der Waals surface area contributed by atoms with Crippen molar-refractivity contribution in [2.75, 3.05) is 0 Å². The van der Waals surface area contributed by atoms with Gasteiger partial charge in [0.15, 0.2) is 5.84 Å². The molecule has 2 rings (SSSR count). The van der Waals surface area contributed by atoms with Gasteiger partial charge in [-0.05, 0) is 17.5 Å². The summed E-state index contributed by atoms with van der Waals surface area (Å²) in [5.41, 5.74) is 8.32. The largest absolute Gasteiger partial charge is 0.409 e. The van der Waals surface area contributed by atoms with Crippen LogP contribution >= 0.6 is 0 Å². The van der Waals surface area contributed by atoms with E-state index >= 15 is 0 Å². The van der Waals surface area contributed by atoms with Crippen molar-refractivity contribution >= 4 is 5.84 Å². The number of hydrogen-bond acceptors (Lipinski definition) is 3. The first kappa shape index (κ1) is 16.0. The van der Waals surface area contributed by atoms with Crippen LogP contribution in [0.25, 0.3) is 0 Å². The van der Waals surface area contributed by atoms with Crippen molar-refractivity contribution in [2.24, 2.45) is 10.9 Å². The molecule has 4 heteroatoms. The standard InChI is InChI=1S/C18H23N3O/c1-2-17(18(19)20-22)21(13-15-9-5-3-6-10-15)14-16-11-7-4-8-12-16/h3-12,17,22H,2,13-14H2,1H3,(H2,19,20). The van der Waals surface area contributed by atoms with Crippen molar-refractivity contribution in [1.82, 2.24) is 4.90 Å². The third kappa shape index (κ3) is 4.33. The first-order chi connectivity index (χ1) is 10.7. The van der Waals surface area contributed by atoms with Crippen LogP contribution in [0.3, 0.4) is 0 Å². The molecule has 0 fully saturated rings. The smallest absolute Gasteiger partial charge is 0.156 e. The van der Waals surface area contributed by atoms with Crippen molar-refractivity contribution in [1.29, 1.82) is 0 Å². The van der Waals surface area contributed by atoms with Gasteiger partial charge in [0.2, 0.25) is 0 Å². The number of amidine groups is 1. The molecule has 2 aromatic rings. The van der Waals surface area contributed by atoms with Crippen LogP contribution in [-0.2, 0) is 13.1 Å². The fourth-order valence-electron chi connectivity index (χ4n) is 2.63. The Hall–Kier alpha value is -2.33. The van der Waals surface area contributed by atoms with Gasteiger partial charge < -0.3 is 10.9 Å². The summed E-state index contributed by atoms with van der Waals surface area (Å²) >= 11 is 0. The van der Waals surface area contributed by atoms with Crippen LogP contribution in [0.1, 0.15) is 24.5 Å². The Morgan fingerprint density at radius 1 is 1.00 bits per heavy atom. The summed E-state index contributed by atoms with van der Waals surface area (Å²) in [6.45, 7) is 3.56. The summed E-state index contributed by atoms with van der Waals surface area (Å²) in [4.78, 5) is 2.24. The fraction of sp³-hybridized carbons (Fsp3) is 0.278. The summed E-state index contributed by atoms with van der Waals surface area (Å²) in [7, 11) is 0. The van der Waals surface area contributed by atoms with Gasteiger partial charge in [-0.2, -0.15) is 0 Å². The maximum Gasteiger partial charge on any atom is 0.156 e. The summed E-state index contributed by atoms with van der Waals surface area (Å²) in [6, 6.07) is 20.4. The van der Waals surface area contributed by atoms with Gasteiger partial charge in [0, 0.05) is 13.1 Å². The van der Waals surface area contributed by atoms with Crippen LogP contribution in [0.4, 0.5) is 0 Å². The van der Waals surface area contributed by atoms with Gasteiger partial charge in [0.1, 0.15) is 0 Å². The summed E-state index contributed by atoms with van der Waals surface area (Å²) in [6.07, 6.45) is 0.787. The number of oxime groups is 1. The third-order valence-corrected chi connectivity index (χ3v) is 3.74. The van der Waals surface area contributed by atoms with Crippen LogP contribution in [0.5, 0.6) is 0 Å². The van der Waals surface area contributed by atoms with Gasteiger partial charge in [-0.15, -0.1) is 0 Å². The Kier molecular flexibility index (Phi) is 5.98. The SMILES string of the molecule is CCC(/C(N)=N/O)N(Cc1ccccc1)Cc1ccccc1. The Balaban J connectivity index is 2.23. The molecule has 0 saturated carbocycles. The summed E-state index contributed by atoms with van der Waals surface area (Å²) < 4.78 is 0. The minimum Gasteiger partial charge on any atom is -0.409 e. The first-order valence-electron chi connectivity index (χ1n) is 7.54. The molecule has 0 aliphatic carbocycles. The predicted molar refractivity (Wildman–Crippen MR) is 89.6 cm³/mol. The lowest BCUT2D eigenvalue weighted by Crippen LogP contribution is -2.43. The molecule has 0 amide bonds. The molecule has 0 aromatic heterocycles. The Labute approximate surface area is 131 Å². The molecule has 0 aliphatic rings. The second-order valence-electron chi connectivity index (χ2n) is 5.33. The minimum atomic E-state index is -0.0922. The van der Waals surface area contributed by atoms with Crippen molar-refractivity contribution < 1.29 is 5.21 Å². The minimum absolute atomic E-state index is 0.0922. The average Bonchev–Trinajstić information content (AvgIpc) is 2.57. The van der Waals surface area contributed by atoms with Crippen LogP contribution in [0, 0.1) is 0 Å². The molecule has 0 spiro atoms. The van der Waals surface area contributed by atoms with E-state index in [0.29, 0.717) is 0 Å². The average molecular weight is 297 g/mol. The lowest BCUT2D eigenvalue weighted by molar-refractivity contribution is 0.211. The van der Waals surface area contributed by atoms with Crippen LogP contribution in [-0.4, -0.2) is 22.0 Å². The quantitative estimate of drug-likeness (QED) is 0.357. The first-order valence-corrected chi connectivity index (χ1v) is 7.54. The molecule has 2 aromatic carbocycles. The topological polar surface area (TPSA) is 61.9 Å². The Bertz CT molecular complexity index is 542. The van der Waals surface area contributed by atoms with E-state index in [2.05, 4.69) is 34.3 Å². The van der Waals surface area contributed by atoms with E-state index in [4.69, 9.17) is 10.9 Å². The number of nitrogens with zero attached hydrogens (tertiary/aromatic N) is 2. The second kappa shape index (κ2) is 8.20. The highest BCUT2D eigenvalue weighted by molar-refractivity contribution is 5.85. The predicted octanol–water partition coefficient (Wildman–Crippen LogP) is 3.21. The lowest BCUT2D eigenvalue weighted by Gasteiger charge is -2.30. The van der Waals surface area contributed by atoms with Gasteiger partial charge in [0.25, 0.3) is 0 Å². The zero-order chi connectivity index (χ0) is 15.8. The highest BCUT2D eigenvalue weighted by Crippen LogP contribution is 2.15. The molecule has 1 unspecified atom stereocenters. The van der Waals surface area contributed by atoms with E-state index < -0.39 is 0 Å². The van der Waals surface area contributed by atoms with Crippen LogP contribution in [0.15, 0.2) is 65.8 Å². The normalized spacial score (nSPS) is 13.3. The molecule has 0 aliphatic heterocycles. The lowest BCUT2D eigenvalue weighted by atomic mass is 10.1. The molecule has 0 bridgehead atoms. The van der Waals surface area contributed by atoms with E-state index in [-0.39, 0.29) is 11.9 Å². The summed E-state index contributed by atoms with van der Waals surface area (Å²) in [5, 5.41) is 12.3. The zero-order valence-electron chi connectivity index (χ0n) is 12.9. The molecule has 0 radical (unpaired) electrons. The number of benzene rings is 2. The van der Waals surface area contributed by atoms with Crippen molar-refractivity contribution in [3.8, 4) is 0 Å². The van der Waals surface area contributed by atoms with Gasteiger partial charge in [-0.25, -0.2) is 0 Å². The van der Waals surface area contributed by atoms with E-state index in [0.717, 1.165) is 19.5 Å². The molecule has 116 valence electrons. The van der Waals surface area contributed by atoms with Gasteiger partial charge >= 0.3 is 0 Å². The Morgan fingerprint density at radius 3 is 1.82 bits per heavy atom. The summed E-state index contributed by atoms with van der Waals surface area (Å²) in [5.74, 6) is 0.259. The number of rotatable bonds is 7. The van der Waals surface area contributed by atoms with E-state index in [9.17, 15) is 0 Å². The van der Waals surface area contributed by atoms with Gasteiger partial charge in [0.05, 0.1) is 6.04 Å². The second-order valence-corrected chi connectivity index (χ2v) is 5.33. The van der Waals surface area contributed by atoms with Crippen molar-refractivity contribution in [2.45, 2.75) is 32.5 Å². The van der Waals surface area contributed by atoms with E-state index in [1.165, 1.54) is 11.1 Å². The highest BCUT2D eigenvalue weighted by atomic mass is 16.4. The van der Waals surface area contributed by atoms with Gasteiger partial charge in [-0.1, -0.05) is 72.7 Å². The highest BCUT2D eigenvalue weighted by Gasteiger charge is 2.21. The Morgan fingerprint density at radius 2 is 1.45 bits per heavy atom. The van der Waals surface area contributed by atoms with Crippen LogP contribution < -0.4 is 5.73 Å². The maximum absolute atomic E-state index is 9.05. The van der Waals surface area contributed by atoms with E-state index in [1.54, 1.807) is 0 Å². The third-order valence-electron chi connectivity index (χ3n) is 3.74. The monoisotopic (exact) mass is 297 g/mol. The van der Waals surface area contributed by atoms with Crippen LogP contribution in [0.2, 0.25) is 0 Å². The van der Waals surface area contributed by atoms with Crippen molar-refractivity contribution in [3.63, 3.8) is 0 Å². The maximum atomic E-state index is 9.05. The molecule has 0 heterocycles. The molecule has 4 nitrogen and oxygen atoms in total. The fourth-order valence-corrected chi connectivity index (χ4v) is 2.63. The molecule has 0 saturated heterocycles. The molecule has 22 heavy (non-hydrogen) atoms. The molecule has 3 N–H and O–H groups in total. The zero-order valence-corrected chi connectivity index (χ0v) is 12.9. The van der Waals surface area contributed by atoms with E-state index in [1.807, 2.05) is 43.3 Å². The molecule has 1 atom stereocenters. The van der Waals surface area contributed by atoms with Crippen molar-refractivity contribution in [3.05, 3.63) is 71.8 Å². The molecular formula is C18H23N3O. The number of nitrogens with two attached hydrogens (primary N) is 1. The van der Waals surface area contributed by atoms with Gasteiger partial charge in [-0.3, -0.25) is 4.90 Å².